The smallest absolute Gasteiger partial charge is 0.149 e. The average molecular weight is 226 g/mol. The minimum absolute atomic E-state index is 0.105. The fraction of sp³-hybridized carbons (Fsp3) is 0.500. The van der Waals surface area contributed by atoms with Crippen LogP contribution in [0.2, 0.25) is 0 Å². The maximum absolute atomic E-state index is 13.6. The van der Waals surface area contributed by atoms with Crippen molar-refractivity contribution in [1.29, 1.82) is 0 Å². The highest BCUT2D eigenvalue weighted by molar-refractivity contribution is 5.50. The summed E-state index contributed by atoms with van der Waals surface area (Å²) in [6.45, 7) is 4.32. The number of halogens is 2. The van der Waals surface area contributed by atoms with Gasteiger partial charge in [0.2, 0.25) is 0 Å². The number of nitrogens with zero attached hydrogens (tertiary/aromatic N) is 1. The number of para-hydroxylation sites is 1. The van der Waals surface area contributed by atoms with Crippen molar-refractivity contribution in [3.8, 4) is 0 Å². The predicted molar refractivity (Wildman–Crippen MR) is 60.7 cm³/mol. The molecule has 2 rings (SSSR count). The van der Waals surface area contributed by atoms with Gasteiger partial charge >= 0.3 is 0 Å². The SMILES string of the molecule is CC1CNCCCN1c1c(F)cccc1F. The first-order valence-corrected chi connectivity index (χ1v) is 5.61. The van der Waals surface area contributed by atoms with Crippen molar-refractivity contribution in [2.75, 3.05) is 24.5 Å². The van der Waals surface area contributed by atoms with Crippen LogP contribution in [0.25, 0.3) is 0 Å². The Balaban J connectivity index is 2.33. The normalized spacial score (nSPS) is 21.9. The monoisotopic (exact) mass is 226 g/mol. The molecule has 0 bridgehead atoms. The lowest BCUT2D eigenvalue weighted by molar-refractivity contribution is 0.550. The molecule has 1 fully saturated rings. The minimum Gasteiger partial charge on any atom is -0.363 e. The van der Waals surface area contributed by atoms with Gasteiger partial charge in [-0.2, -0.15) is 0 Å². The molecular weight excluding hydrogens is 210 g/mol. The second-order valence-electron chi connectivity index (χ2n) is 4.17. The highest BCUT2D eigenvalue weighted by atomic mass is 19.1. The fourth-order valence-electron chi connectivity index (χ4n) is 2.11. The molecule has 0 spiro atoms. The minimum atomic E-state index is -0.478. The predicted octanol–water partition coefficient (Wildman–Crippen LogP) is 2.15. The van der Waals surface area contributed by atoms with Gasteiger partial charge in [0.1, 0.15) is 17.3 Å². The van der Waals surface area contributed by atoms with Crippen molar-refractivity contribution in [3.05, 3.63) is 29.8 Å². The van der Waals surface area contributed by atoms with E-state index in [0.717, 1.165) is 19.5 Å². The molecule has 0 saturated carbocycles. The van der Waals surface area contributed by atoms with E-state index in [9.17, 15) is 8.78 Å². The molecule has 16 heavy (non-hydrogen) atoms. The van der Waals surface area contributed by atoms with Crippen LogP contribution in [0.4, 0.5) is 14.5 Å². The molecule has 0 amide bonds. The van der Waals surface area contributed by atoms with Crippen molar-refractivity contribution in [2.45, 2.75) is 19.4 Å². The maximum atomic E-state index is 13.6. The van der Waals surface area contributed by atoms with Gasteiger partial charge in [0.25, 0.3) is 0 Å². The van der Waals surface area contributed by atoms with Gasteiger partial charge in [0.15, 0.2) is 0 Å². The third-order valence-electron chi connectivity index (χ3n) is 2.95. The van der Waals surface area contributed by atoms with E-state index in [2.05, 4.69) is 5.32 Å². The number of benzene rings is 1. The number of nitrogens with one attached hydrogen (secondary N) is 1. The molecular formula is C12H16F2N2. The van der Waals surface area contributed by atoms with Crippen LogP contribution in [-0.4, -0.2) is 25.7 Å². The standard InChI is InChI=1S/C12H16F2N2/c1-9-8-15-6-3-7-16(9)12-10(13)4-2-5-11(12)14/h2,4-5,9,15H,3,6-8H2,1H3. The number of hydrogen-bond donors (Lipinski definition) is 1. The molecule has 1 atom stereocenters. The summed E-state index contributed by atoms with van der Waals surface area (Å²) in [5.74, 6) is -0.956. The average Bonchev–Trinajstić information content (AvgIpc) is 2.44. The lowest BCUT2D eigenvalue weighted by atomic mass is 10.2. The summed E-state index contributed by atoms with van der Waals surface area (Å²) in [6.07, 6.45) is 0.901. The van der Waals surface area contributed by atoms with E-state index in [-0.39, 0.29) is 11.7 Å². The molecule has 0 radical (unpaired) electrons. The Kier molecular flexibility index (Phi) is 3.39. The van der Waals surface area contributed by atoms with E-state index in [1.54, 1.807) is 0 Å². The van der Waals surface area contributed by atoms with E-state index >= 15 is 0 Å². The molecule has 0 aliphatic carbocycles. The molecule has 1 unspecified atom stereocenters. The summed E-state index contributed by atoms with van der Waals surface area (Å²) >= 11 is 0. The van der Waals surface area contributed by atoms with Crippen molar-refractivity contribution in [2.24, 2.45) is 0 Å². The largest absolute Gasteiger partial charge is 0.363 e. The van der Waals surface area contributed by atoms with E-state index in [4.69, 9.17) is 0 Å². The van der Waals surface area contributed by atoms with Crippen LogP contribution >= 0.6 is 0 Å². The van der Waals surface area contributed by atoms with Crippen molar-refractivity contribution < 1.29 is 8.78 Å². The van der Waals surface area contributed by atoms with Gasteiger partial charge in [-0.3, -0.25) is 0 Å². The zero-order chi connectivity index (χ0) is 11.5. The molecule has 1 N–H and O–H groups in total. The van der Waals surface area contributed by atoms with Crippen LogP contribution in [0, 0.1) is 11.6 Å². The summed E-state index contributed by atoms with van der Waals surface area (Å²) < 4.78 is 27.3. The fourth-order valence-corrected chi connectivity index (χ4v) is 2.11. The van der Waals surface area contributed by atoms with Gasteiger partial charge < -0.3 is 10.2 Å². The van der Waals surface area contributed by atoms with Gasteiger partial charge in [-0.05, 0) is 32.0 Å². The summed E-state index contributed by atoms with van der Waals surface area (Å²) in [7, 11) is 0. The molecule has 1 aromatic rings. The first kappa shape index (κ1) is 11.3. The van der Waals surface area contributed by atoms with Gasteiger partial charge in [-0.25, -0.2) is 8.78 Å². The molecule has 1 saturated heterocycles. The van der Waals surface area contributed by atoms with Crippen LogP contribution < -0.4 is 10.2 Å². The molecule has 1 aliphatic heterocycles. The third-order valence-corrected chi connectivity index (χ3v) is 2.95. The Labute approximate surface area is 94.3 Å². The topological polar surface area (TPSA) is 15.3 Å². The van der Waals surface area contributed by atoms with Gasteiger partial charge in [-0.15, -0.1) is 0 Å². The van der Waals surface area contributed by atoms with Crippen LogP contribution in [0.3, 0.4) is 0 Å². The molecule has 4 heteroatoms. The quantitative estimate of drug-likeness (QED) is 0.789. The van der Waals surface area contributed by atoms with Gasteiger partial charge in [0, 0.05) is 19.1 Å². The Morgan fingerprint density at radius 1 is 1.31 bits per heavy atom. The molecule has 88 valence electrons. The van der Waals surface area contributed by atoms with Crippen LogP contribution in [0.1, 0.15) is 13.3 Å². The van der Waals surface area contributed by atoms with E-state index < -0.39 is 11.6 Å². The van der Waals surface area contributed by atoms with Crippen molar-refractivity contribution in [3.63, 3.8) is 0 Å². The number of rotatable bonds is 1. The first-order valence-electron chi connectivity index (χ1n) is 5.61. The lowest BCUT2D eigenvalue weighted by Gasteiger charge is -2.29. The second-order valence-corrected chi connectivity index (χ2v) is 4.17. The van der Waals surface area contributed by atoms with Crippen LogP contribution in [0.5, 0.6) is 0 Å². The summed E-state index contributed by atoms with van der Waals surface area (Å²) in [5.41, 5.74) is 0.110. The van der Waals surface area contributed by atoms with Gasteiger partial charge in [-0.1, -0.05) is 6.07 Å². The van der Waals surface area contributed by atoms with E-state index in [1.807, 2.05) is 11.8 Å². The van der Waals surface area contributed by atoms with E-state index in [1.165, 1.54) is 18.2 Å². The zero-order valence-electron chi connectivity index (χ0n) is 9.34. The van der Waals surface area contributed by atoms with Crippen molar-refractivity contribution in [1.82, 2.24) is 5.32 Å². The van der Waals surface area contributed by atoms with Crippen molar-refractivity contribution >= 4 is 5.69 Å². The Morgan fingerprint density at radius 3 is 2.69 bits per heavy atom. The Hall–Kier alpha value is -1.16. The molecule has 1 aromatic carbocycles. The van der Waals surface area contributed by atoms with Crippen LogP contribution in [0.15, 0.2) is 18.2 Å². The lowest BCUT2D eigenvalue weighted by Crippen LogP contribution is -2.38. The second kappa shape index (κ2) is 4.78. The summed E-state index contributed by atoms with van der Waals surface area (Å²) in [4.78, 5) is 1.81. The molecule has 0 aromatic heterocycles. The maximum Gasteiger partial charge on any atom is 0.149 e. The molecule has 1 aliphatic rings. The third kappa shape index (κ3) is 2.16. The van der Waals surface area contributed by atoms with E-state index in [0.29, 0.717) is 6.54 Å². The summed E-state index contributed by atoms with van der Waals surface area (Å²) in [5, 5.41) is 3.25. The summed E-state index contributed by atoms with van der Waals surface area (Å²) in [6, 6.07) is 4.12. The van der Waals surface area contributed by atoms with Crippen LogP contribution in [-0.2, 0) is 0 Å². The zero-order valence-corrected chi connectivity index (χ0v) is 9.34. The van der Waals surface area contributed by atoms with Gasteiger partial charge in [0.05, 0.1) is 0 Å². The first-order chi connectivity index (χ1) is 7.70. The number of anilines is 1. The number of hydrogen-bond acceptors (Lipinski definition) is 2. The Bertz CT molecular complexity index is 348. The molecule has 1 heterocycles. The highest BCUT2D eigenvalue weighted by Crippen LogP contribution is 2.25. The highest BCUT2D eigenvalue weighted by Gasteiger charge is 2.22. The molecule has 2 nitrogen and oxygen atoms in total. The Morgan fingerprint density at radius 2 is 2.00 bits per heavy atom.